The summed E-state index contributed by atoms with van der Waals surface area (Å²) in [5.74, 6) is 2.06. The van der Waals surface area contributed by atoms with Crippen LogP contribution in [0.1, 0.15) is 18.0 Å². The highest BCUT2D eigenvalue weighted by Gasteiger charge is 2.54. The summed E-state index contributed by atoms with van der Waals surface area (Å²) in [6.45, 7) is 2.31. The fourth-order valence-corrected chi connectivity index (χ4v) is 11.5. The van der Waals surface area contributed by atoms with Gasteiger partial charge in [-0.05, 0) is 66.9 Å². The van der Waals surface area contributed by atoms with Crippen LogP contribution in [0, 0.1) is 5.92 Å². The van der Waals surface area contributed by atoms with Crippen molar-refractivity contribution in [1.29, 1.82) is 0 Å². The van der Waals surface area contributed by atoms with Gasteiger partial charge >= 0.3 is 0 Å². The highest BCUT2D eigenvalue weighted by molar-refractivity contribution is 8.01. The van der Waals surface area contributed by atoms with Crippen LogP contribution in [-0.4, -0.2) is 22.6 Å². The number of nitrogens with zero attached hydrogens (tertiary/aromatic N) is 3. The second-order valence-corrected chi connectivity index (χ2v) is 15.1. The lowest BCUT2D eigenvalue weighted by Crippen LogP contribution is -2.49. The van der Waals surface area contributed by atoms with Crippen molar-refractivity contribution in [2.45, 2.75) is 18.9 Å². The summed E-state index contributed by atoms with van der Waals surface area (Å²) in [4.78, 5) is 20.7. The van der Waals surface area contributed by atoms with E-state index in [1.807, 2.05) is 28.8 Å². The first kappa shape index (κ1) is 26.9. The Kier molecular flexibility index (Phi) is 6.76. The molecule has 8 rings (SSSR count). The lowest BCUT2D eigenvalue weighted by atomic mass is 9.83. The summed E-state index contributed by atoms with van der Waals surface area (Å²) >= 11 is 0. The fraction of sp³-hybridized carbons (Fsp3) is 0.158. The van der Waals surface area contributed by atoms with Gasteiger partial charge in [0.25, 0.3) is 16.9 Å². The normalized spacial score (nSPS) is 17.7. The molecule has 2 aromatic heterocycles. The van der Waals surface area contributed by atoms with Crippen LogP contribution in [0.3, 0.4) is 0 Å². The molecule has 1 fully saturated rings. The Hall–Kier alpha value is -4.73. The molecule has 4 aromatic carbocycles. The predicted molar refractivity (Wildman–Crippen MR) is 180 cm³/mol. The summed E-state index contributed by atoms with van der Waals surface area (Å²) in [6, 6.07) is 48.5. The first-order valence-corrected chi connectivity index (χ1v) is 17.1. The maximum atomic E-state index is 12.8. The van der Waals surface area contributed by atoms with E-state index >= 15 is 0 Å². The molecule has 0 aliphatic carbocycles. The average molecular weight is 595 g/mol. The number of benzene rings is 4. The number of aromatic nitrogens is 2. The minimum atomic E-state index is -2.52. The van der Waals surface area contributed by atoms with Crippen molar-refractivity contribution in [1.82, 2.24) is 9.55 Å². The van der Waals surface area contributed by atoms with Gasteiger partial charge in [0.05, 0.1) is 0 Å². The molecule has 2 atom stereocenters. The molecular weight excluding hydrogens is 561 g/mol. The number of anilines is 1. The van der Waals surface area contributed by atoms with E-state index in [0.717, 1.165) is 48.6 Å². The van der Waals surface area contributed by atoms with Gasteiger partial charge in [-0.25, -0.2) is 0 Å². The van der Waals surface area contributed by atoms with Crippen molar-refractivity contribution in [2.24, 2.45) is 5.92 Å². The average Bonchev–Trinajstić information content (AvgIpc) is 3.53. The number of fused-ring (bicyclic) bond motifs is 4. The number of piperidine rings is 1. The Morgan fingerprint density at radius 1 is 0.636 bits per heavy atom. The molecule has 0 radical (unpaired) electrons. The van der Waals surface area contributed by atoms with Gasteiger partial charge in [0, 0.05) is 42.9 Å². The topological polar surface area (TPSA) is 51.3 Å². The van der Waals surface area contributed by atoms with E-state index < -0.39 is 7.26 Å². The Labute approximate surface area is 257 Å². The van der Waals surface area contributed by atoms with Crippen molar-refractivity contribution in [3.8, 4) is 11.5 Å². The molecule has 0 N–H and O–H groups in total. The van der Waals surface area contributed by atoms with E-state index in [4.69, 9.17) is 9.40 Å². The smallest absolute Gasteiger partial charge is 0.262 e. The third-order valence-electron chi connectivity index (χ3n) is 9.13. The zero-order chi connectivity index (χ0) is 29.5. The van der Waals surface area contributed by atoms with Crippen molar-refractivity contribution in [3.05, 3.63) is 156 Å². The molecule has 0 amide bonds. The molecule has 6 heteroatoms. The predicted octanol–water partition coefficient (Wildman–Crippen LogP) is 5.75. The molecule has 216 valence electrons. The van der Waals surface area contributed by atoms with E-state index in [9.17, 15) is 4.79 Å². The maximum absolute atomic E-state index is 12.8. The van der Waals surface area contributed by atoms with Crippen LogP contribution in [-0.2, 0) is 6.54 Å². The Morgan fingerprint density at radius 3 is 1.80 bits per heavy atom. The molecule has 0 spiro atoms. The first-order valence-electron chi connectivity index (χ1n) is 15.3. The molecule has 5 nitrogen and oxygen atoms in total. The quantitative estimate of drug-likeness (QED) is 0.231. The SMILES string of the molecule is O=c1cccc2n1C[C@@H]1C[C@@H]2CN(c2oc(-c3ccccc3)nc2[P+](c2ccccc2)(c2ccccc2)c2ccccc2)C1. The van der Waals surface area contributed by atoms with Crippen LogP contribution in [0.25, 0.3) is 11.5 Å². The minimum Gasteiger partial charge on any atom is -0.416 e. The Balaban J connectivity index is 1.40. The van der Waals surface area contributed by atoms with Crippen LogP contribution >= 0.6 is 7.26 Å². The van der Waals surface area contributed by atoms with Gasteiger partial charge in [0.15, 0.2) is 7.26 Å². The molecule has 4 heterocycles. The molecule has 2 aliphatic heterocycles. The van der Waals surface area contributed by atoms with Crippen molar-refractivity contribution >= 4 is 34.5 Å². The molecule has 6 aromatic rings. The highest BCUT2D eigenvalue weighted by Crippen LogP contribution is 2.56. The third-order valence-corrected chi connectivity index (χ3v) is 13.3. The van der Waals surface area contributed by atoms with E-state index in [1.54, 1.807) is 6.07 Å². The van der Waals surface area contributed by atoms with Gasteiger partial charge < -0.3 is 13.9 Å². The van der Waals surface area contributed by atoms with Crippen LogP contribution in [0.2, 0.25) is 0 Å². The number of hydrogen-bond donors (Lipinski definition) is 0. The second-order valence-electron chi connectivity index (χ2n) is 11.8. The number of oxazole rings is 1. The van der Waals surface area contributed by atoms with Crippen LogP contribution in [0.4, 0.5) is 5.88 Å². The zero-order valence-electron chi connectivity index (χ0n) is 24.4. The number of hydrogen-bond acceptors (Lipinski definition) is 4. The van der Waals surface area contributed by atoms with Crippen molar-refractivity contribution < 1.29 is 4.42 Å². The van der Waals surface area contributed by atoms with Gasteiger partial charge in [0.1, 0.15) is 15.9 Å². The van der Waals surface area contributed by atoms with Gasteiger partial charge in [-0.2, -0.15) is 4.98 Å². The molecular formula is C38H33N3O2P+. The Bertz CT molecular complexity index is 1860. The number of rotatable bonds is 6. The minimum absolute atomic E-state index is 0.0968. The van der Waals surface area contributed by atoms with E-state index in [0.29, 0.717) is 11.8 Å². The summed E-state index contributed by atoms with van der Waals surface area (Å²) in [7, 11) is -2.52. The largest absolute Gasteiger partial charge is 0.416 e. The van der Waals surface area contributed by atoms with Gasteiger partial charge in [-0.3, -0.25) is 4.79 Å². The summed E-state index contributed by atoms with van der Waals surface area (Å²) in [5, 5.41) is 3.71. The first-order chi connectivity index (χ1) is 21.7. The zero-order valence-corrected chi connectivity index (χ0v) is 25.3. The fourth-order valence-electron chi connectivity index (χ4n) is 7.26. The van der Waals surface area contributed by atoms with Crippen LogP contribution < -0.4 is 31.8 Å². The van der Waals surface area contributed by atoms with E-state index in [2.05, 4.69) is 114 Å². The lowest BCUT2D eigenvalue weighted by Gasteiger charge is -2.42. The molecule has 1 saturated heterocycles. The molecule has 2 aliphatic rings. The van der Waals surface area contributed by atoms with Crippen LogP contribution in [0.5, 0.6) is 0 Å². The summed E-state index contributed by atoms with van der Waals surface area (Å²) in [5.41, 5.74) is 3.17. The molecule has 0 unspecified atom stereocenters. The van der Waals surface area contributed by atoms with E-state index in [-0.39, 0.29) is 11.5 Å². The standard InChI is InChI=1S/C38H33N3O2P/c42-35-23-13-22-34-30-24-28(26-41(34)35)25-40(27-30)38-37(39-36(43-38)29-14-5-1-6-15-29)44(31-16-7-2-8-17-31,32-18-9-3-10-19-32)33-20-11-4-12-21-33/h1-23,28,30H,24-27H2/q+1/t28-,30-/m1/s1. The van der Waals surface area contributed by atoms with Crippen molar-refractivity contribution in [2.75, 3.05) is 18.0 Å². The highest BCUT2D eigenvalue weighted by atomic mass is 31.2. The van der Waals surface area contributed by atoms with Crippen molar-refractivity contribution in [3.63, 3.8) is 0 Å². The van der Waals surface area contributed by atoms with E-state index in [1.165, 1.54) is 15.9 Å². The molecule has 2 bridgehead atoms. The monoisotopic (exact) mass is 594 g/mol. The molecule has 0 saturated carbocycles. The Morgan fingerprint density at radius 2 is 1.20 bits per heavy atom. The maximum Gasteiger partial charge on any atom is 0.262 e. The summed E-state index contributed by atoms with van der Waals surface area (Å²) in [6.07, 6.45) is 1.07. The second kappa shape index (κ2) is 11.1. The third kappa shape index (κ3) is 4.42. The van der Waals surface area contributed by atoms with Gasteiger partial charge in [-0.15, -0.1) is 0 Å². The summed E-state index contributed by atoms with van der Waals surface area (Å²) < 4.78 is 8.95. The molecule has 44 heavy (non-hydrogen) atoms. The van der Waals surface area contributed by atoms with Gasteiger partial charge in [0.2, 0.25) is 5.89 Å². The lowest BCUT2D eigenvalue weighted by molar-refractivity contribution is 0.275. The number of pyridine rings is 1. The van der Waals surface area contributed by atoms with Gasteiger partial charge in [-0.1, -0.05) is 78.9 Å². The van der Waals surface area contributed by atoms with Crippen LogP contribution in [0.15, 0.2) is 149 Å².